The van der Waals surface area contributed by atoms with Crippen molar-refractivity contribution in [3.05, 3.63) is 35.7 Å². The molecule has 0 aromatic heterocycles. The summed E-state index contributed by atoms with van der Waals surface area (Å²) in [6, 6.07) is 4.41. The quantitative estimate of drug-likeness (QED) is 0.582. The fourth-order valence-corrected chi connectivity index (χ4v) is 1.12. The molecule has 0 saturated carbocycles. The molecule has 0 aliphatic heterocycles. The van der Waals surface area contributed by atoms with Crippen LogP contribution in [0.5, 0.6) is 5.75 Å². The van der Waals surface area contributed by atoms with Gasteiger partial charge in [0.05, 0.1) is 13.7 Å². The molecule has 0 atom stereocenters. The van der Waals surface area contributed by atoms with Gasteiger partial charge in [-0.25, -0.2) is 9.18 Å². The molecule has 0 N–H and O–H groups in total. The van der Waals surface area contributed by atoms with Crippen LogP contribution in [-0.4, -0.2) is 19.7 Å². The van der Waals surface area contributed by atoms with E-state index < -0.39 is 11.8 Å². The third-order valence-corrected chi connectivity index (χ3v) is 1.89. The Hall–Kier alpha value is -1.84. The zero-order valence-corrected chi connectivity index (χ0v) is 9.20. The minimum atomic E-state index is -0.488. The van der Waals surface area contributed by atoms with E-state index in [-0.39, 0.29) is 0 Å². The Morgan fingerprint density at radius 1 is 1.50 bits per heavy atom. The Labute approximate surface area is 93.5 Å². The predicted molar refractivity (Wildman–Crippen MR) is 58.6 cm³/mol. The summed E-state index contributed by atoms with van der Waals surface area (Å²) in [7, 11) is 1.46. The van der Waals surface area contributed by atoms with Gasteiger partial charge in [-0.2, -0.15) is 0 Å². The van der Waals surface area contributed by atoms with Crippen LogP contribution in [0.15, 0.2) is 24.3 Å². The molecule has 1 aromatic carbocycles. The summed E-state index contributed by atoms with van der Waals surface area (Å²) in [5.41, 5.74) is 0.314. The summed E-state index contributed by atoms with van der Waals surface area (Å²) in [4.78, 5) is 11.0. The van der Waals surface area contributed by atoms with Gasteiger partial charge in [-0.3, -0.25) is 0 Å². The van der Waals surface area contributed by atoms with E-state index in [9.17, 15) is 9.18 Å². The summed E-state index contributed by atoms with van der Waals surface area (Å²) in [6.45, 7) is 2.01. The van der Waals surface area contributed by atoms with Gasteiger partial charge in [0.1, 0.15) is 11.6 Å². The van der Waals surface area contributed by atoms with Gasteiger partial charge in [-0.15, -0.1) is 0 Å². The summed E-state index contributed by atoms with van der Waals surface area (Å²) in [5, 5.41) is 0. The fourth-order valence-electron chi connectivity index (χ4n) is 1.12. The first-order chi connectivity index (χ1) is 7.67. The SMILES string of the molecule is CCOC(=O)/C=C/c1ccc(OC)cc1F. The molecular formula is C12H13FO3. The number of carbonyl (C=O) groups excluding carboxylic acids is 1. The molecule has 1 aromatic rings. The lowest BCUT2D eigenvalue weighted by Crippen LogP contribution is -1.98. The second-order valence-corrected chi connectivity index (χ2v) is 2.97. The molecular weight excluding hydrogens is 211 g/mol. The average molecular weight is 224 g/mol. The second kappa shape index (κ2) is 5.90. The molecule has 1 rings (SSSR count). The van der Waals surface area contributed by atoms with Crippen LogP contribution in [0.4, 0.5) is 4.39 Å². The standard InChI is InChI=1S/C12H13FO3/c1-3-16-12(14)7-5-9-4-6-10(15-2)8-11(9)13/h4-8H,3H2,1-2H3/b7-5+. The molecule has 16 heavy (non-hydrogen) atoms. The first-order valence-corrected chi connectivity index (χ1v) is 4.85. The number of rotatable bonds is 4. The van der Waals surface area contributed by atoms with Crippen LogP contribution < -0.4 is 4.74 Å². The van der Waals surface area contributed by atoms with Crippen LogP contribution in [0.25, 0.3) is 6.08 Å². The number of hydrogen-bond acceptors (Lipinski definition) is 3. The lowest BCUT2D eigenvalue weighted by Gasteiger charge is -2.01. The van der Waals surface area contributed by atoms with Gasteiger partial charge in [0, 0.05) is 17.7 Å². The van der Waals surface area contributed by atoms with Gasteiger partial charge in [0.2, 0.25) is 0 Å². The number of carbonyl (C=O) groups is 1. The van der Waals surface area contributed by atoms with Crippen molar-refractivity contribution in [3.8, 4) is 5.75 Å². The molecule has 0 aliphatic rings. The average Bonchev–Trinajstić information content (AvgIpc) is 2.27. The topological polar surface area (TPSA) is 35.5 Å². The third kappa shape index (κ3) is 3.38. The highest BCUT2D eigenvalue weighted by Gasteiger charge is 2.01. The van der Waals surface area contributed by atoms with Gasteiger partial charge < -0.3 is 9.47 Å². The highest BCUT2D eigenvalue weighted by Crippen LogP contribution is 2.17. The number of hydrogen-bond donors (Lipinski definition) is 0. The number of esters is 1. The van der Waals surface area contributed by atoms with Crippen LogP contribution in [0, 0.1) is 5.82 Å². The van der Waals surface area contributed by atoms with Crippen molar-refractivity contribution in [2.45, 2.75) is 6.92 Å². The number of halogens is 1. The fraction of sp³-hybridized carbons (Fsp3) is 0.250. The molecule has 86 valence electrons. The summed E-state index contributed by atoms with van der Waals surface area (Å²) >= 11 is 0. The zero-order valence-electron chi connectivity index (χ0n) is 9.20. The van der Waals surface area contributed by atoms with Gasteiger partial charge in [-0.05, 0) is 25.1 Å². The van der Waals surface area contributed by atoms with Crippen molar-refractivity contribution in [1.29, 1.82) is 0 Å². The van der Waals surface area contributed by atoms with Crippen molar-refractivity contribution >= 4 is 12.0 Å². The number of ether oxygens (including phenoxy) is 2. The molecule has 0 bridgehead atoms. The van der Waals surface area contributed by atoms with E-state index in [0.29, 0.717) is 17.9 Å². The van der Waals surface area contributed by atoms with Crippen molar-refractivity contribution < 1.29 is 18.7 Å². The zero-order chi connectivity index (χ0) is 12.0. The Morgan fingerprint density at radius 3 is 2.81 bits per heavy atom. The van der Waals surface area contributed by atoms with E-state index in [2.05, 4.69) is 4.74 Å². The maximum atomic E-state index is 13.4. The maximum absolute atomic E-state index is 13.4. The normalized spacial score (nSPS) is 10.4. The summed E-state index contributed by atoms with van der Waals surface area (Å²) in [6.07, 6.45) is 2.56. The van der Waals surface area contributed by atoms with Crippen LogP contribution in [0.1, 0.15) is 12.5 Å². The van der Waals surface area contributed by atoms with Gasteiger partial charge in [0.25, 0.3) is 0 Å². The van der Waals surface area contributed by atoms with E-state index in [0.717, 1.165) is 0 Å². The van der Waals surface area contributed by atoms with Crippen molar-refractivity contribution in [2.75, 3.05) is 13.7 Å². The van der Waals surface area contributed by atoms with Crippen molar-refractivity contribution in [3.63, 3.8) is 0 Å². The van der Waals surface area contributed by atoms with Crippen LogP contribution in [0.2, 0.25) is 0 Å². The lowest BCUT2D eigenvalue weighted by molar-refractivity contribution is -0.137. The van der Waals surface area contributed by atoms with Crippen LogP contribution >= 0.6 is 0 Å². The van der Waals surface area contributed by atoms with E-state index in [4.69, 9.17) is 4.74 Å². The third-order valence-electron chi connectivity index (χ3n) is 1.89. The van der Waals surface area contributed by atoms with Crippen molar-refractivity contribution in [1.82, 2.24) is 0 Å². The summed E-state index contributed by atoms with van der Waals surface area (Å²) in [5.74, 6) is -0.497. The Kier molecular flexibility index (Phi) is 4.51. The lowest BCUT2D eigenvalue weighted by atomic mass is 10.2. The number of benzene rings is 1. The minimum Gasteiger partial charge on any atom is -0.497 e. The Bertz CT molecular complexity index is 399. The van der Waals surface area contributed by atoms with Gasteiger partial charge in [0.15, 0.2) is 0 Å². The maximum Gasteiger partial charge on any atom is 0.330 e. The molecule has 0 saturated heterocycles. The summed E-state index contributed by atoms with van der Waals surface area (Å²) < 4.78 is 22.9. The van der Waals surface area contributed by atoms with E-state index >= 15 is 0 Å². The largest absolute Gasteiger partial charge is 0.497 e. The molecule has 4 heteroatoms. The first kappa shape index (κ1) is 12.2. The molecule has 0 unspecified atom stereocenters. The van der Waals surface area contributed by atoms with E-state index in [1.54, 1.807) is 13.0 Å². The highest BCUT2D eigenvalue weighted by molar-refractivity contribution is 5.87. The molecule has 0 radical (unpaired) electrons. The predicted octanol–water partition coefficient (Wildman–Crippen LogP) is 2.41. The van der Waals surface area contributed by atoms with Crippen LogP contribution in [-0.2, 0) is 9.53 Å². The smallest absolute Gasteiger partial charge is 0.330 e. The van der Waals surface area contributed by atoms with Crippen LogP contribution in [0.3, 0.4) is 0 Å². The molecule has 0 heterocycles. The molecule has 0 aliphatic carbocycles. The molecule has 3 nitrogen and oxygen atoms in total. The van der Waals surface area contributed by atoms with Crippen molar-refractivity contribution in [2.24, 2.45) is 0 Å². The minimum absolute atomic E-state index is 0.300. The van der Waals surface area contributed by atoms with E-state index in [1.807, 2.05) is 0 Å². The molecule has 0 spiro atoms. The Morgan fingerprint density at radius 2 is 2.25 bits per heavy atom. The Balaban J connectivity index is 2.78. The van der Waals surface area contributed by atoms with Gasteiger partial charge >= 0.3 is 5.97 Å². The molecule has 0 fully saturated rings. The highest BCUT2D eigenvalue weighted by atomic mass is 19.1. The van der Waals surface area contributed by atoms with Gasteiger partial charge in [-0.1, -0.05) is 0 Å². The number of methoxy groups -OCH3 is 1. The van der Waals surface area contributed by atoms with E-state index in [1.165, 1.54) is 31.4 Å². The monoisotopic (exact) mass is 224 g/mol. The first-order valence-electron chi connectivity index (χ1n) is 4.85. The molecule has 0 amide bonds. The second-order valence-electron chi connectivity index (χ2n) is 2.97.